The molecule has 4 aromatic rings. The van der Waals surface area contributed by atoms with Gasteiger partial charge < -0.3 is 0 Å². The standard InChI is InChI=1S/C19H17N3O2S3/c23-27(24,20-12-16-8-4-10-25-16)18-14-22(13-15-6-2-1-3-7-15)21-19(18)17-9-5-11-26-17/h1-11,14,20H,12-13H2. The van der Waals surface area contributed by atoms with E-state index in [1.807, 2.05) is 65.4 Å². The highest BCUT2D eigenvalue weighted by Crippen LogP contribution is 2.30. The molecule has 0 aliphatic rings. The van der Waals surface area contributed by atoms with Crippen LogP contribution < -0.4 is 4.72 Å². The average molecular weight is 416 g/mol. The third kappa shape index (κ3) is 4.19. The fourth-order valence-corrected chi connectivity index (χ4v) is 5.38. The Balaban J connectivity index is 1.67. The van der Waals surface area contributed by atoms with Crippen LogP contribution in [0.25, 0.3) is 10.6 Å². The van der Waals surface area contributed by atoms with Crippen LogP contribution in [-0.2, 0) is 23.1 Å². The molecule has 0 radical (unpaired) electrons. The van der Waals surface area contributed by atoms with Crippen LogP contribution in [0.1, 0.15) is 10.4 Å². The molecule has 0 amide bonds. The van der Waals surface area contributed by atoms with E-state index in [0.717, 1.165) is 15.3 Å². The normalized spacial score (nSPS) is 11.7. The SMILES string of the molecule is O=S(=O)(NCc1cccs1)c1cn(Cc2ccccc2)nc1-c1cccs1. The second-order valence-electron chi connectivity index (χ2n) is 5.91. The maximum atomic E-state index is 13.0. The van der Waals surface area contributed by atoms with Gasteiger partial charge in [0.15, 0.2) is 0 Å². The van der Waals surface area contributed by atoms with Gasteiger partial charge in [-0.25, -0.2) is 13.1 Å². The van der Waals surface area contributed by atoms with Crippen LogP contribution in [0, 0.1) is 0 Å². The van der Waals surface area contributed by atoms with Crippen molar-refractivity contribution in [3.63, 3.8) is 0 Å². The first-order valence-electron chi connectivity index (χ1n) is 8.29. The Morgan fingerprint density at radius 3 is 2.44 bits per heavy atom. The molecule has 5 nitrogen and oxygen atoms in total. The number of sulfonamides is 1. The van der Waals surface area contributed by atoms with Crippen LogP contribution in [-0.4, -0.2) is 18.2 Å². The van der Waals surface area contributed by atoms with E-state index in [-0.39, 0.29) is 11.4 Å². The minimum absolute atomic E-state index is 0.206. The van der Waals surface area contributed by atoms with Gasteiger partial charge in [-0.1, -0.05) is 42.5 Å². The number of thiophene rings is 2. The summed E-state index contributed by atoms with van der Waals surface area (Å²) in [6.45, 7) is 0.785. The third-order valence-corrected chi connectivity index (χ3v) is 7.13. The van der Waals surface area contributed by atoms with Crippen molar-refractivity contribution in [2.24, 2.45) is 0 Å². The van der Waals surface area contributed by atoms with Gasteiger partial charge in [-0.05, 0) is 28.5 Å². The molecule has 8 heteroatoms. The van der Waals surface area contributed by atoms with Crippen LogP contribution in [0.5, 0.6) is 0 Å². The highest BCUT2D eigenvalue weighted by molar-refractivity contribution is 7.89. The van der Waals surface area contributed by atoms with Gasteiger partial charge >= 0.3 is 0 Å². The minimum Gasteiger partial charge on any atom is -0.266 e. The lowest BCUT2D eigenvalue weighted by atomic mass is 10.2. The second kappa shape index (κ2) is 7.77. The lowest BCUT2D eigenvalue weighted by molar-refractivity contribution is 0.581. The number of hydrogen-bond donors (Lipinski definition) is 1. The molecule has 3 heterocycles. The fourth-order valence-electron chi connectivity index (χ4n) is 2.69. The van der Waals surface area contributed by atoms with Crippen molar-refractivity contribution in [1.29, 1.82) is 0 Å². The molecule has 4 rings (SSSR count). The Kier molecular flexibility index (Phi) is 5.22. The summed E-state index contributed by atoms with van der Waals surface area (Å²) in [5, 5.41) is 8.42. The zero-order valence-electron chi connectivity index (χ0n) is 14.3. The molecule has 27 heavy (non-hydrogen) atoms. The van der Waals surface area contributed by atoms with Crippen molar-refractivity contribution < 1.29 is 8.42 Å². The zero-order valence-corrected chi connectivity index (χ0v) is 16.7. The molecule has 0 fully saturated rings. The predicted octanol–water partition coefficient (Wildman–Crippen LogP) is 4.20. The molecular weight excluding hydrogens is 398 g/mol. The van der Waals surface area contributed by atoms with Crippen molar-refractivity contribution in [1.82, 2.24) is 14.5 Å². The third-order valence-electron chi connectivity index (χ3n) is 3.98. The average Bonchev–Trinajstić information content (AvgIpc) is 3.42. The van der Waals surface area contributed by atoms with Gasteiger partial charge in [-0.3, -0.25) is 4.68 Å². The van der Waals surface area contributed by atoms with E-state index in [1.165, 1.54) is 22.7 Å². The van der Waals surface area contributed by atoms with Gasteiger partial charge in [-0.2, -0.15) is 5.10 Å². The molecule has 138 valence electrons. The molecule has 1 N–H and O–H groups in total. The van der Waals surface area contributed by atoms with Crippen molar-refractivity contribution >= 4 is 32.7 Å². The first kappa shape index (κ1) is 18.1. The summed E-state index contributed by atoms with van der Waals surface area (Å²) in [6, 6.07) is 17.5. The predicted molar refractivity (Wildman–Crippen MR) is 109 cm³/mol. The second-order valence-corrected chi connectivity index (χ2v) is 9.62. The Labute approximate surface area is 166 Å². The summed E-state index contributed by atoms with van der Waals surface area (Å²) in [5.41, 5.74) is 1.55. The van der Waals surface area contributed by atoms with E-state index in [4.69, 9.17) is 0 Å². The monoisotopic (exact) mass is 415 g/mol. The van der Waals surface area contributed by atoms with Crippen LogP contribution in [0.15, 0.2) is 76.4 Å². The van der Waals surface area contributed by atoms with Crippen molar-refractivity contribution in [2.45, 2.75) is 18.0 Å². The summed E-state index contributed by atoms with van der Waals surface area (Å²) >= 11 is 3.00. The zero-order chi connectivity index (χ0) is 18.7. The molecule has 0 bridgehead atoms. The Bertz CT molecular complexity index is 1100. The largest absolute Gasteiger partial charge is 0.266 e. The van der Waals surface area contributed by atoms with Crippen LogP contribution in [0.4, 0.5) is 0 Å². The topological polar surface area (TPSA) is 64.0 Å². The Morgan fingerprint density at radius 2 is 1.74 bits per heavy atom. The molecule has 0 unspecified atom stereocenters. The first-order chi connectivity index (χ1) is 13.1. The van der Waals surface area contributed by atoms with E-state index < -0.39 is 10.0 Å². The van der Waals surface area contributed by atoms with E-state index in [1.54, 1.807) is 10.9 Å². The van der Waals surface area contributed by atoms with E-state index in [0.29, 0.717) is 12.2 Å². The van der Waals surface area contributed by atoms with E-state index >= 15 is 0 Å². The molecule has 0 atom stereocenters. The fraction of sp³-hybridized carbons (Fsp3) is 0.105. The summed E-state index contributed by atoms with van der Waals surface area (Å²) in [4.78, 5) is 2.00. The van der Waals surface area contributed by atoms with Crippen LogP contribution >= 0.6 is 22.7 Å². The summed E-state index contributed by atoms with van der Waals surface area (Å²) < 4.78 is 30.3. The number of hydrogen-bond acceptors (Lipinski definition) is 5. The lowest BCUT2D eigenvalue weighted by Crippen LogP contribution is -2.23. The Hall–Kier alpha value is -2.26. The van der Waals surface area contributed by atoms with Gasteiger partial charge in [-0.15, -0.1) is 22.7 Å². The Morgan fingerprint density at radius 1 is 0.963 bits per heavy atom. The molecule has 0 aliphatic carbocycles. The summed E-state index contributed by atoms with van der Waals surface area (Å²) in [6.07, 6.45) is 1.61. The number of nitrogens with zero attached hydrogens (tertiary/aromatic N) is 2. The van der Waals surface area contributed by atoms with Gasteiger partial charge in [0.05, 0.1) is 11.4 Å². The molecule has 0 saturated carbocycles. The first-order valence-corrected chi connectivity index (χ1v) is 11.5. The van der Waals surface area contributed by atoms with E-state index in [9.17, 15) is 8.42 Å². The van der Waals surface area contributed by atoms with Gasteiger partial charge in [0.25, 0.3) is 0 Å². The number of benzene rings is 1. The maximum Gasteiger partial charge on any atom is 0.244 e. The van der Waals surface area contributed by atoms with E-state index in [2.05, 4.69) is 9.82 Å². The molecular formula is C19H17N3O2S3. The van der Waals surface area contributed by atoms with Crippen molar-refractivity contribution in [3.8, 4) is 10.6 Å². The van der Waals surface area contributed by atoms with Crippen LogP contribution in [0.3, 0.4) is 0 Å². The highest BCUT2D eigenvalue weighted by atomic mass is 32.2. The molecule has 0 spiro atoms. The lowest BCUT2D eigenvalue weighted by Gasteiger charge is -2.05. The number of aromatic nitrogens is 2. The molecule has 0 aliphatic heterocycles. The molecule has 1 aromatic carbocycles. The number of nitrogens with one attached hydrogen (secondary N) is 1. The summed E-state index contributed by atoms with van der Waals surface area (Å²) in [5.74, 6) is 0. The van der Waals surface area contributed by atoms with Gasteiger partial charge in [0.2, 0.25) is 10.0 Å². The maximum absolute atomic E-state index is 13.0. The minimum atomic E-state index is -3.68. The molecule has 0 saturated heterocycles. The van der Waals surface area contributed by atoms with Crippen molar-refractivity contribution in [2.75, 3.05) is 0 Å². The highest BCUT2D eigenvalue weighted by Gasteiger charge is 2.24. The quantitative estimate of drug-likeness (QED) is 0.492. The molecule has 3 aromatic heterocycles. The summed E-state index contributed by atoms with van der Waals surface area (Å²) in [7, 11) is -3.68. The van der Waals surface area contributed by atoms with Crippen LogP contribution in [0.2, 0.25) is 0 Å². The number of rotatable bonds is 7. The van der Waals surface area contributed by atoms with Gasteiger partial charge in [0, 0.05) is 17.6 Å². The van der Waals surface area contributed by atoms with Crippen molar-refractivity contribution in [3.05, 3.63) is 82.0 Å². The van der Waals surface area contributed by atoms with Gasteiger partial charge in [0.1, 0.15) is 10.6 Å². The smallest absolute Gasteiger partial charge is 0.244 e.